The number of hydrogen-bond acceptors (Lipinski definition) is 2. The fraction of sp³-hybridized carbons (Fsp3) is 1.00. The Labute approximate surface area is 107 Å². The predicted molar refractivity (Wildman–Crippen MR) is 74.2 cm³/mol. The normalized spacial score (nSPS) is 31.8. The van der Waals surface area contributed by atoms with E-state index < -0.39 is 0 Å². The standard InChI is InChI=1S/C15H30N2/c1-12-6-4-5-7-15(12)16-10-11-17(3)13(2)14-8-9-14/h12-16H,4-11H2,1-3H3. The minimum atomic E-state index is 0.786. The molecule has 2 saturated carbocycles. The zero-order chi connectivity index (χ0) is 12.3. The van der Waals surface area contributed by atoms with Crippen molar-refractivity contribution in [3.8, 4) is 0 Å². The third kappa shape index (κ3) is 3.96. The summed E-state index contributed by atoms with van der Waals surface area (Å²) in [5, 5.41) is 3.77. The molecule has 100 valence electrons. The summed E-state index contributed by atoms with van der Waals surface area (Å²) >= 11 is 0. The second-order valence-corrected chi connectivity index (χ2v) is 6.38. The molecule has 0 saturated heterocycles. The quantitative estimate of drug-likeness (QED) is 0.765. The summed E-state index contributed by atoms with van der Waals surface area (Å²) in [5.41, 5.74) is 0. The number of nitrogens with one attached hydrogen (secondary N) is 1. The summed E-state index contributed by atoms with van der Waals surface area (Å²) in [6.07, 6.45) is 8.60. The van der Waals surface area contributed by atoms with E-state index >= 15 is 0 Å². The molecule has 2 heteroatoms. The van der Waals surface area contributed by atoms with Gasteiger partial charge in [-0.15, -0.1) is 0 Å². The monoisotopic (exact) mass is 238 g/mol. The van der Waals surface area contributed by atoms with Gasteiger partial charge >= 0.3 is 0 Å². The molecule has 0 aromatic heterocycles. The van der Waals surface area contributed by atoms with Gasteiger partial charge in [0.15, 0.2) is 0 Å². The molecule has 3 atom stereocenters. The van der Waals surface area contributed by atoms with Crippen molar-refractivity contribution in [1.29, 1.82) is 0 Å². The van der Waals surface area contributed by atoms with Crippen LogP contribution in [0.3, 0.4) is 0 Å². The maximum Gasteiger partial charge on any atom is 0.0107 e. The van der Waals surface area contributed by atoms with E-state index in [2.05, 4.69) is 31.1 Å². The van der Waals surface area contributed by atoms with Gasteiger partial charge in [0, 0.05) is 25.2 Å². The maximum atomic E-state index is 3.77. The van der Waals surface area contributed by atoms with Gasteiger partial charge in [-0.2, -0.15) is 0 Å². The van der Waals surface area contributed by atoms with Gasteiger partial charge in [-0.1, -0.05) is 19.8 Å². The molecule has 2 fully saturated rings. The Bertz CT molecular complexity index is 225. The fourth-order valence-corrected chi connectivity index (χ4v) is 3.19. The molecule has 2 aliphatic carbocycles. The molecule has 0 heterocycles. The zero-order valence-corrected chi connectivity index (χ0v) is 11.9. The summed E-state index contributed by atoms with van der Waals surface area (Å²) in [5.74, 6) is 1.88. The van der Waals surface area contributed by atoms with Crippen molar-refractivity contribution in [3.63, 3.8) is 0 Å². The van der Waals surface area contributed by atoms with Crippen LogP contribution < -0.4 is 5.32 Å². The lowest BCUT2D eigenvalue weighted by Crippen LogP contribution is -2.42. The van der Waals surface area contributed by atoms with Crippen molar-refractivity contribution in [2.24, 2.45) is 11.8 Å². The van der Waals surface area contributed by atoms with Gasteiger partial charge in [-0.25, -0.2) is 0 Å². The first-order valence-electron chi connectivity index (χ1n) is 7.62. The van der Waals surface area contributed by atoms with Crippen molar-refractivity contribution >= 4 is 0 Å². The lowest BCUT2D eigenvalue weighted by atomic mass is 9.86. The van der Waals surface area contributed by atoms with Gasteiger partial charge in [0.25, 0.3) is 0 Å². The molecule has 2 rings (SSSR count). The van der Waals surface area contributed by atoms with Crippen molar-refractivity contribution in [1.82, 2.24) is 10.2 Å². The smallest absolute Gasteiger partial charge is 0.0107 e. The van der Waals surface area contributed by atoms with Gasteiger partial charge in [0.05, 0.1) is 0 Å². The molecule has 0 aromatic rings. The van der Waals surface area contributed by atoms with Crippen LogP contribution in [-0.2, 0) is 0 Å². The van der Waals surface area contributed by atoms with Crippen LogP contribution >= 0.6 is 0 Å². The van der Waals surface area contributed by atoms with Crippen LogP contribution in [0.25, 0.3) is 0 Å². The van der Waals surface area contributed by atoms with Crippen molar-refractivity contribution in [3.05, 3.63) is 0 Å². The van der Waals surface area contributed by atoms with Gasteiger partial charge in [-0.3, -0.25) is 0 Å². The molecular weight excluding hydrogens is 208 g/mol. The lowest BCUT2D eigenvalue weighted by molar-refractivity contribution is 0.217. The van der Waals surface area contributed by atoms with Crippen LogP contribution in [0.5, 0.6) is 0 Å². The van der Waals surface area contributed by atoms with E-state index in [4.69, 9.17) is 0 Å². The number of nitrogens with zero attached hydrogens (tertiary/aromatic N) is 1. The van der Waals surface area contributed by atoms with Crippen LogP contribution in [0.1, 0.15) is 52.4 Å². The van der Waals surface area contributed by atoms with E-state index in [0.717, 1.165) is 23.9 Å². The molecule has 2 nitrogen and oxygen atoms in total. The molecule has 0 aromatic carbocycles. The Hall–Kier alpha value is -0.0800. The Morgan fingerprint density at radius 2 is 1.88 bits per heavy atom. The van der Waals surface area contributed by atoms with E-state index in [0.29, 0.717) is 0 Å². The Morgan fingerprint density at radius 1 is 1.18 bits per heavy atom. The molecule has 17 heavy (non-hydrogen) atoms. The van der Waals surface area contributed by atoms with E-state index in [-0.39, 0.29) is 0 Å². The Kier molecular flexibility index (Phi) is 4.87. The molecule has 1 N–H and O–H groups in total. The average molecular weight is 238 g/mol. The Morgan fingerprint density at radius 3 is 2.53 bits per heavy atom. The number of hydrogen-bond donors (Lipinski definition) is 1. The minimum absolute atomic E-state index is 0.786. The van der Waals surface area contributed by atoms with Gasteiger partial charge < -0.3 is 10.2 Å². The summed E-state index contributed by atoms with van der Waals surface area (Å²) in [7, 11) is 2.29. The van der Waals surface area contributed by atoms with Gasteiger partial charge in [-0.05, 0) is 51.5 Å². The first kappa shape index (κ1) is 13.4. The first-order valence-corrected chi connectivity index (χ1v) is 7.62. The summed E-state index contributed by atoms with van der Waals surface area (Å²) < 4.78 is 0. The van der Waals surface area contributed by atoms with E-state index in [1.165, 1.54) is 51.6 Å². The zero-order valence-electron chi connectivity index (χ0n) is 11.9. The summed E-state index contributed by atoms with van der Waals surface area (Å²) in [6, 6.07) is 1.58. The highest BCUT2D eigenvalue weighted by Gasteiger charge is 2.30. The summed E-state index contributed by atoms with van der Waals surface area (Å²) in [6.45, 7) is 7.18. The third-order valence-corrected chi connectivity index (χ3v) is 4.98. The molecular formula is C15H30N2. The second-order valence-electron chi connectivity index (χ2n) is 6.38. The van der Waals surface area contributed by atoms with Crippen LogP contribution in [0.15, 0.2) is 0 Å². The Balaban J connectivity index is 1.61. The van der Waals surface area contributed by atoms with Crippen molar-refractivity contribution < 1.29 is 0 Å². The van der Waals surface area contributed by atoms with Crippen LogP contribution in [-0.4, -0.2) is 37.1 Å². The molecule has 0 amide bonds. The van der Waals surface area contributed by atoms with E-state index in [9.17, 15) is 0 Å². The van der Waals surface area contributed by atoms with Crippen molar-refractivity contribution in [2.45, 2.75) is 64.5 Å². The molecule has 0 aliphatic heterocycles. The largest absolute Gasteiger partial charge is 0.312 e. The first-order chi connectivity index (χ1) is 8.18. The maximum absolute atomic E-state index is 3.77. The summed E-state index contributed by atoms with van der Waals surface area (Å²) in [4.78, 5) is 2.54. The highest BCUT2D eigenvalue weighted by Crippen LogP contribution is 2.34. The second kappa shape index (κ2) is 6.19. The highest BCUT2D eigenvalue weighted by atomic mass is 15.1. The molecule has 0 spiro atoms. The van der Waals surface area contributed by atoms with Crippen LogP contribution in [0.2, 0.25) is 0 Å². The predicted octanol–water partition coefficient (Wildman–Crippen LogP) is 2.89. The average Bonchev–Trinajstić information content (AvgIpc) is 3.14. The molecule has 0 radical (unpaired) electrons. The fourth-order valence-electron chi connectivity index (χ4n) is 3.19. The molecule has 3 unspecified atom stereocenters. The minimum Gasteiger partial charge on any atom is -0.312 e. The SMILES string of the molecule is CC1CCCCC1NCCN(C)C(C)C1CC1. The number of likely N-dealkylation sites (N-methyl/N-ethyl adjacent to an activating group) is 1. The lowest BCUT2D eigenvalue weighted by Gasteiger charge is -2.31. The molecule has 2 aliphatic rings. The number of rotatable bonds is 6. The molecule has 0 bridgehead atoms. The van der Waals surface area contributed by atoms with E-state index in [1.807, 2.05) is 0 Å². The van der Waals surface area contributed by atoms with Gasteiger partial charge in [0.1, 0.15) is 0 Å². The van der Waals surface area contributed by atoms with Crippen LogP contribution in [0, 0.1) is 11.8 Å². The highest BCUT2D eigenvalue weighted by molar-refractivity contribution is 4.84. The van der Waals surface area contributed by atoms with Gasteiger partial charge in [0.2, 0.25) is 0 Å². The van der Waals surface area contributed by atoms with E-state index in [1.54, 1.807) is 0 Å². The van der Waals surface area contributed by atoms with Crippen LogP contribution in [0.4, 0.5) is 0 Å². The van der Waals surface area contributed by atoms with Crippen molar-refractivity contribution in [2.75, 3.05) is 20.1 Å². The third-order valence-electron chi connectivity index (χ3n) is 4.98. The topological polar surface area (TPSA) is 15.3 Å².